The molecule has 8 nitrogen and oxygen atoms in total. The summed E-state index contributed by atoms with van der Waals surface area (Å²) in [7, 11) is 0. The van der Waals surface area contributed by atoms with Gasteiger partial charge < -0.3 is 24.0 Å². The summed E-state index contributed by atoms with van der Waals surface area (Å²) >= 11 is 0. The molecule has 0 radical (unpaired) electrons. The Morgan fingerprint density at radius 1 is 1.16 bits per heavy atom. The van der Waals surface area contributed by atoms with E-state index in [1.807, 2.05) is 31.2 Å². The fraction of sp³-hybridized carbons (Fsp3) is 0.542. The van der Waals surface area contributed by atoms with Gasteiger partial charge >= 0.3 is 12.1 Å². The number of nitrogens with zero attached hydrogens (tertiary/aromatic N) is 2. The first-order valence-corrected chi connectivity index (χ1v) is 11.3. The molecule has 3 aliphatic rings. The van der Waals surface area contributed by atoms with Crippen LogP contribution in [-0.4, -0.2) is 46.4 Å². The molecule has 1 saturated heterocycles. The average Bonchev–Trinajstić information content (AvgIpc) is 3.22. The molecule has 4 atom stereocenters. The molecule has 1 aromatic carbocycles. The number of carbonyl (C=O) groups excluding carboxylic acids is 1. The Kier molecular flexibility index (Phi) is 5.53. The third-order valence-electron chi connectivity index (χ3n) is 6.96. The second-order valence-corrected chi connectivity index (χ2v) is 9.26. The van der Waals surface area contributed by atoms with Gasteiger partial charge in [0.25, 0.3) is 0 Å². The molecule has 1 aromatic heterocycles. The molecule has 5 rings (SSSR count). The van der Waals surface area contributed by atoms with Crippen LogP contribution >= 0.6 is 0 Å². The van der Waals surface area contributed by atoms with Crippen molar-refractivity contribution in [1.82, 2.24) is 10.1 Å². The van der Waals surface area contributed by atoms with Gasteiger partial charge in [0.05, 0.1) is 23.3 Å². The summed E-state index contributed by atoms with van der Waals surface area (Å²) in [6.45, 7) is 3.55. The highest BCUT2D eigenvalue weighted by Crippen LogP contribution is 2.45. The molecular formula is C24H28N2O6. The number of hydrogen-bond acceptors (Lipinski definition) is 6. The van der Waals surface area contributed by atoms with Crippen LogP contribution in [-0.2, 0) is 16.1 Å². The first kappa shape index (κ1) is 20.8. The highest BCUT2D eigenvalue weighted by atomic mass is 16.6. The van der Waals surface area contributed by atoms with Gasteiger partial charge in [0, 0.05) is 18.7 Å². The van der Waals surface area contributed by atoms with E-state index in [9.17, 15) is 14.7 Å². The summed E-state index contributed by atoms with van der Waals surface area (Å²) in [4.78, 5) is 25.4. The summed E-state index contributed by atoms with van der Waals surface area (Å²) in [6.07, 6.45) is 3.84. The quantitative estimate of drug-likeness (QED) is 0.716. The number of hydrogen-bond donors (Lipinski definition) is 1. The molecule has 1 N–H and O–H groups in total. The lowest BCUT2D eigenvalue weighted by atomic mass is 9.87. The van der Waals surface area contributed by atoms with Crippen molar-refractivity contribution in [3.05, 3.63) is 35.5 Å². The van der Waals surface area contributed by atoms with Crippen molar-refractivity contribution < 1.29 is 28.7 Å². The number of aryl methyl sites for hydroxylation is 1. The SMILES string of the molecule is Cc1noc(-c2ccc(O[C@H]3CCC[C@H](C(=O)O)C3)cc2)c1COC(=O)N1C[C@H]2C[C@H]2C1. The maximum Gasteiger partial charge on any atom is 0.410 e. The number of ether oxygens (including phenoxy) is 2. The summed E-state index contributed by atoms with van der Waals surface area (Å²) in [5, 5.41) is 13.3. The number of carboxylic acids is 1. The van der Waals surface area contributed by atoms with E-state index in [0.29, 0.717) is 41.9 Å². The number of rotatable bonds is 6. The van der Waals surface area contributed by atoms with Crippen LogP contribution in [0.2, 0.25) is 0 Å². The molecule has 1 aliphatic heterocycles. The second kappa shape index (κ2) is 8.48. The normalized spacial score (nSPS) is 26.5. The Morgan fingerprint density at radius 3 is 2.62 bits per heavy atom. The van der Waals surface area contributed by atoms with E-state index >= 15 is 0 Å². The minimum Gasteiger partial charge on any atom is -0.490 e. The van der Waals surface area contributed by atoms with Gasteiger partial charge in [-0.25, -0.2) is 4.79 Å². The Balaban J connectivity index is 1.21. The van der Waals surface area contributed by atoms with Crippen molar-refractivity contribution >= 4 is 12.1 Å². The molecule has 0 unspecified atom stereocenters. The zero-order chi connectivity index (χ0) is 22.2. The fourth-order valence-electron chi connectivity index (χ4n) is 4.91. The molecule has 1 amide bonds. The van der Waals surface area contributed by atoms with Crippen LogP contribution in [0.5, 0.6) is 5.75 Å². The molecule has 2 aromatic rings. The summed E-state index contributed by atoms with van der Waals surface area (Å²) in [5.74, 6) is 1.53. The van der Waals surface area contributed by atoms with Crippen molar-refractivity contribution in [2.75, 3.05) is 13.1 Å². The molecule has 8 heteroatoms. The second-order valence-electron chi connectivity index (χ2n) is 9.26. The zero-order valence-electron chi connectivity index (χ0n) is 18.2. The molecule has 2 heterocycles. The Bertz CT molecular complexity index is 990. The molecule has 170 valence electrons. The smallest absolute Gasteiger partial charge is 0.410 e. The zero-order valence-corrected chi connectivity index (χ0v) is 18.2. The number of aromatic nitrogens is 1. The number of piperidine rings is 1. The fourth-order valence-corrected chi connectivity index (χ4v) is 4.91. The number of carbonyl (C=O) groups is 2. The lowest BCUT2D eigenvalue weighted by Gasteiger charge is -2.27. The highest BCUT2D eigenvalue weighted by molar-refractivity contribution is 5.70. The van der Waals surface area contributed by atoms with Crippen molar-refractivity contribution in [1.29, 1.82) is 0 Å². The van der Waals surface area contributed by atoms with Gasteiger partial charge in [-0.1, -0.05) is 5.16 Å². The Morgan fingerprint density at radius 2 is 1.91 bits per heavy atom. The van der Waals surface area contributed by atoms with E-state index in [1.54, 1.807) is 4.90 Å². The standard InChI is InChI=1S/C24H28N2O6/c1-14-21(13-30-24(29)26-11-17-9-18(17)12-26)22(32-25-14)15-5-7-19(8-6-15)31-20-4-2-3-16(10-20)23(27)28/h5-8,16-18,20H,2-4,9-13H2,1H3,(H,27,28)/t16-,17-,18+,20-/m0/s1. The number of benzene rings is 1. The maximum absolute atomic E-state index is 12.4. The third kappa shape index (κ3) is 4.31. The highest BCUT2D eigenvalue weighted by Gasteiger charge is 2.47. The van der Waals surface area contributed by atoms with Gasteiger partial charge in [0.2, 0.25) is 0 Å². The molecule has 0 spiro atoms. The number of carboxylic acid groups (broad SMARTS) is 1. The minimum atomic E-state index is -0.746. The van der Waals surface area contributed by atoms with E-state index in [0.717, 1.165) is 37.1 Å². The van der Waals surface area contributed by atoms with Crippen LogP contribution in [0.4, 0.5) is 4.79 Å². The third-order valence-corrected chi connectivity index (χ3v) is 6.96. The lowest BCUT2D eigenvalue weighted by molar-refractivity contribution is -0.143. The van der Waals surface area contributed by atoms with Crippen molar-refractivity contribution in [2.45, 2.75) is 51.7 Å². The van der Waals surface area contributed by atoms with Gasteiger partial charge in [-0.3, -0.25) is 4.79 Å². The van der Waals surface area contributed by atoms with Crippen LogP contribution in [0.3, 0.4) is 0 Å². The monoisotopic (exact) mass is 440 g/mol. The van der Waals surface area contributed by atoms with Crippen LogP contribution in [0.25, 0.3) is 11.3 Å². The van der Waals surface area contributed by atoms with Gasteiger partial charge in [0.15, 0.2) is 5.76 Å². The lowest BCUT2D eigenvalue weighted by Crippen LogP contribution is -2.30. The van der Waals surface area contributed by atoms with Crippen LogP contribution in [0.15, 0.2) is 28.8 Å². The number of likely N-dealkylation sites (tertiary alicyclic amines) is 1. The largest absolute Gasteiger partial charge is 0.490 e. The molecular weight excluding hydrogens is 412 g/mol. The summed E-state index contributed by atoms with van der Waals surface area (Å²) in [5.41, 5.74) is 2.27. The van der Waals surface area contributed by atoms with Crippen LogP contribution in [0, 0.1) is 24.7 Å². The number of fused-ring (bicyclic) bond motifs is 1. The molecule has 32 heavy (non-hydrogen) atoms. The van der Waals surface area contributed by atoms with E-state index in [4.69, 9.17) is 14.0 Å². The predicted octanol–water partition coefficient (Wildman–Crippen LogP) is 4.26. The van der Waals surface area contributed by atoms with Crippen molar-refractivity contribution in [2.24, 2.45) is 17.8 Å². The molecule has 3 fully saturated rings. The average molecular weight is 440 g/mol. The Hall–Kier alpha value is -3.03. The van der Waals surface area contributed by atoms with Crippen LogP contribution < -0.4 is 4.74 Å². The minimum absolute atomic E-state index is 0.0881. The van der Waals surface area contributed by atoms with Crippen molar-refractivity contribution in [3.8, 4) is 17.1 Å². The van der Waals surface area contributed by atoms with Gasteiger partial charge in [-0.05, 0) is 75.1 Å². The van der Waals surface area contributed by atoms with Gasteiger partial charge in [0.1, 0.15) is 12.4 Å². The van der Waals surface area contributed by atoms with E-state index in [2.05, 4.69) is 5.16 Å². The molecule has 2 saturated carbocycles. The van der Waals surface area contributed by atoms with Gasteiger partial charge in [-0.15, -0.1) is 0 Å². The molecule has 2 aliphatic carbocycles. The first-order chi connectivity index (χ1) is 15.5. The maximum atomic E-state index is 12.4. The summed E-state index contributed by atoms with van der Waals surface area (Å²) in [6, 6.07) is 7.46. The van der Waals surface area contributed by atoms with Gasteiger partial charge in [-0.2, -0.15) is 0 Å². The number of amides is 1. The van der Waals surface area contributed by atoms with E-state index in [1.165, 1.54) is 6.42 Å². The first-order valence-electron chi connectivity index (χ1n) is 11.3. The van der Waals surface area contributed by atoms with E-state index < -0.39 is 5.97 Å². The topological polar surface area (TPSA) is 102 Å². The molecule has 0 bridgehead atoms. The number of aliphatic carboxylic acids is 1. The van der Waals surface area contributed by atoms with Crippen LogP contribution in [0.1, 0.15) is 43.4 Å². The van der Waals surface area contributed by atoms with E-state index in [-0.39, 0.29) is 24.7 Å². The Labute approximate surface area is 186 Å². The predicted molar refractivity (Wildman–Crippen MR) is 114 cm³/mol. The summed E-state index contributed by atoms with van der Waals surface area (Å²) < 4.78 is 17.1. The van der Waals surface area contributed by atoms with Crippen molar-refractivity contribution in [3.63, 3.8) is 0 Å².